The summed E-state index contributed by atoms with van der Waals surface area (Å²) in [4.78, 5) is 21.3. The summed E-state index contributed by atoms with van der Waals surface area (Å²) in [6, 6.07) is 3.70. The number of aryl methyl sites for hydroxylation is 1. The number of amides is 1. The number of nitrogens with zero attached hydrogens (tertiary/aromatic N) is 6. The SMILES string of the molecule is CN(Cc1nnc2n1CCC2)C(=O)c1cccnc1N1CCCC1. The van der Waals surface area contributed by atoms with Crippen LogP contribution in [-0.2, 0) is 19.5 Å². The minimum absolute atomic E-state index is 0.0136. The lowest BCUT2D eigenvalue weighted by molar-refractivity contribution is 0.0780. The molecule has 0 bridgehead atoms. The van der Waals surface area contributed by atoms with Gasteiger partial charge >= 0.3 is 0 Å². The van der Waals surface area contributed by atoms with Crippen LogP contribution < -0.4 is 4.90 Å². The highest BCUT2D eigenvalue weighted by atomic mass is 16.2. The maximum Gasteiger partial charge on any atom is 0.257 e. The maximum atomic E-state index is 13.0. The van der Waals surface area contributed by atoms with Gasteiger partial charge in [0.05, 0.1) is 12.1 Å². The molecular weight excluding hydrogens is 304 g/mol. The van der Waals surface area contributed by atoms with Crippen molar-refractivity contribution < 1.29 is 4.79 Å². The van der Waals surface area contributed by atoms with Crippen LogP contribution in [0.4, 0.5) is 5.82 Å². The van der Waals surface area contributed by atoms with E-state index < -0.39 is 0 Å². The van der Waals surface area contributed by atoms with Crippen LogP contribution >= 0.6 is 0 Å². The minimum Gasteiger partial charge on any atom is -0.356 e. The molecular formula is C17H22N6O. The molecule has 4 heterocycles. The van der Waals surface area contributed by atoms with Gasteiger partial charge in [-0.05, 0) is 31.4 Å². The second kappa shape index (κ2) is 6.22. The lowest BCUT2D eigenvalue weighted by Gasteiger charge is -2.22. The van der Waals surface area contributed by atoms with E-state index in [0.29, 0.717) is 12.1 Å². The van der Waals surface area contributed by atoms with Crippen LogP contribution in [0.3, 0.4) is 0 Å². The Hall–Kier alpha value is -2.44. The molecule has 0 radical (unpaired) electrons. The molecule has 1 amide bonds. The Balaban J connectivity index is 1.55. The van der Waals surface area contributed by atoms with Crippen molar-refractivity contribution in [2.75, 3.05) is 25.0 Å². The van der Waals surface area contributed by atoms with Crippen LogP contribution in [0.5, 0.6) is 0 Å². The van der Waals surface area contributed by atoms with Gasteiger partial charge in [-0.2, -0.15) is 0 Å². The molecule has 1 saturated heterocycles. The third-order valence-corrected chi connectivity index (χ3v) is 4.83. The normalized spacial score (nSPS) is 16.5. The van der Waals surface area contributed by atoms with E-state index in [-0.39, 0.29) is 5.91 Å². The fourth-order valence-electron chi connectivity index (χ4n) is 3.56. The highest BCUT2D eigenvalue weighted by Gasteiger charge is 2.24. The Morgan fingerprint density at radius 2 is 2.04 bits per heavy atom. The molecule has 4 rings (SSSR count). The average molecular weight is 326 g/mol. The van der Waals surface area contributed by atoms with Gasteiger partial charge in [-0.15, -0.1) is 10.2 Å². The first kappa shape index (κ1) is 15.1. The van der Waals surface area contributed by atoms with Crippen LogP contribution in [0.25, 0.3) is 0 Å². The highest BCUT2D eigenvalue weighted by molar-refractivity contribution is 5.98. The number of carbonyl (C=O) groups excluding carboxylic acids is 1. The number of pyridine rings is 1. The van der Waals surface area contributed by atoms with E-state index in [0.717, 1.165) is 62.8 Å². The van der Waals surface area contributed by atoms with Crippen LogP contribution in [-0.4, -0.2) is 50.7 Å². The van der Waals surface area contributed by atoms with Crippen molar-refractivity contribution in [3.63, 3.8) is 0 Å². The summed E-state index contributed by atoms with van der Waals surface area (Å²) in [6.45, 7) is 3.36. The maximum absolute atomic E-state index is 13.0. The first-order valence-electron chi connectivity index (χ1n) is 8.60. The smallest absolute Gasteiger partial charge is 0.257 e. The lowest BCUT2D eigenvalue weighted by atomic mass is 10.2. The molecule has 0 saturated carbocycles. The summed E-state index contributed by atoms with van der Waals surface area (Å²) < 4.78 is 2.13. The molecule has 0 aliphatic carbocycles. The predicted octanol–water partition coefficient (Wildman–Crippen LogP) is 1.49. The molecule has 7 nitrogen and oxygen atoms in total. The number of rotatable bonds is 4. The molecule has 0 N–H and O–H groups in total. The van der Waals surface area contributed by atoms with Crippen molar-refractivity contribution in [2.24, 2.45) is 0 Å². The van der Waals surface area contributed by atoms with Crippen LogP contribution in [0.1, 0.15) is 41.3 Å². The molecule has 7 heteroatoms. The van der Waals surface area contributed by atoms with Crippen molar-refractivity contribution in [3.05, 3.63) is 35.5 Å². The molecule has 0 spiro atoms. The van der Waals surface area contributed by atoms with E-state index in [9.17, 15) is 4.79 Å². The van der Waals surface area contributed by atoms with Crippen molar-refractivity contribution in [1.29, 1.82) is 0 Å². The highest BCUT2D eigenvalue weighted by Crippen LogP contribution is 2.23. The molecule has 0 unspecified atom stereocenters. The summed E-state index contributed by atoms with van der Waals surface area (Å²) in [6.07, 6.45) is 6.16. The van der Waals surface area contributed by atoms with Gasteiger partial charge in [-0.1, -0.05) is 0 Å². The molecule has 2 aliphatic heterocycles. The van der Waals surface area contributed by atoms with Crippen molar-refractivity contribution in [3.8, 4) is 0 Å². The monoisotopic (exact) mass is 326 g/mol. The Bertz CT molecular complexity index is 749. The molecule has 24 heavy (non-hydrogen) atoms. The zero-order chi connectivity index (χ0) is 16.5. The standard InChI is InChI=1S/C17H22N6O/c1-21(12-15-20-19-14-7-5-11-23(14)15)17(24)13-6-4-8-18-16(13)22-9-2-3-10-22/h4,6,8H,2-3,5,7,9-12H2,1H3. The van der Waals surface area contributed by atoms with Gasteiger partial charge in [0.1, 0.15) is 11.6 Å². The van der Waals surface area contributed by atoms with E-state index in [1.165, 1.54) is 0 Å². The number of aromatic nitrogens is 4. The third-order valence-electron chi connectivity index (χ3n) is 4.83. The number of carbonyl (C=O) groups is 1. The number of hydrogen-bond donors (Lipinski definition) is 0. The quantitative estimate of drug-likeness (QED) is 0.851. The largest absolute Gasteiger partial charge is 0.356 e. The second-order valence-corrected chi connectivity index (χ2v) is 6.52. The van der Waals surface area contributed by atoms with E-state index in [1.54, 1.807) is 11.1 Å². The van der Waals surface area contributed by atoms with Gasteiger partial charge in [0.25, 0.3) is 5.91 Å². The van der Waals surface area contributed by atoms with Crippen LogP contribution in [0.2, 0.25) is 0 Å². The van der Waals surface area contributed by atoms with Gasteiger partial charge in [-0.25, -0.2) is 4.98 Å². The van der Waals surface area contributed by atoms with Crippen molar-refractivity contribution >= 4 is 11.7 Å². The molecule has 2 aromatic rings. The number of hydrogen-bond acceptors (Lipinski definition) is 5. The van der Waals surface area contributed by atoms with Gasteiger partial charge in [0.2, 0.25) is 0 Å². The van der Waals surface area contributed by atoms with Crippen molar-refractivity contribution in [1.82, 2.24) is 24.6 Å². The van der Waals surface area contributed by atoms with E-state index in [1.807, 2.05) is 19.2 Å². The third kappa shape index (κ3) is 2.64. The Morgan fingerprint density at radius 3 is 2.88 bits per heavy atom. The molecule has 0 atom stereocenters. The fourth-order valence-corrected chi connectivity index (χ4v) is 3.56. The van der Waals surface area contributed by atoms with Crippen LogP contribution in [0, 0.1) is 0 Å². The predicted molar refractivity (Wildman–Crippen MR) is 89.8 cm³/mol. The van der Waals surface area contributed by atoms with Gasteiger partial charge < -0.3 is 14.4 Å². The van der Waals surface area contributed by atoms with Crippen LogP contribution in [0.15, 0.2) is 18.3 Å². The van der Waals surface area contributed by atoms with E-state index >= 15 is 0 Å². The zero-order valence-corrected chi connectivity index (χ0v) is 14.0. The molecule has 0 aromatic carbocycles. The number of anilines is 1. The minimum atomic E-state index is -0.0136. The Kier molecular flexibility index (Phi) is 3.92. The summed E-state index contributed by atoms with van der Waals surface area (Å²) in [7, 11) is 1.82. The molecule has 2 aliphatic rings. The van der Waals surface area contributed by atoms with Gasteiger partial charge in [0, 0.05) is 39.3 Å². The summed E-state index contributed by atoms with van der Waals surface area (Å²) in [5.74, 6) is 2.69. The fraction of sp³-hybridized carbons (Fsp3) is 0.529. The average Bonchev–Trinajstić information content (AvgIpc) is 3.33. The van der Waals surface area contributed by atoms with E-state index in [2.05, 4.69) is 24.6 Å². The second-order valence-electron chi connectivity index (χ2n) is 6.52. The summed E-state index contributed by atoms with van der Waals surface area (Å²) >= 11 is 0. The van der Waals surface area contributed by atoms with Gasteiger partial charge in [0.15, 0.2) is 5.82 Å². The van der Waals surface area contributed by atoms with Crippen molar-refractivity contribution in [2.45, 2.75) is 38.8 Å². The lowest BCUT2D eigenvalue weighted by Crippen LogP contribution is -2.30. The van der Waals surface area contributed by atoms with Gasteiger partial charge in [-0.3, -0.25) is 4.79 Å². The first-order valence-corrected chi connectivity index (χ1v) is 8.60. The summed E-state index contributed by atoms with van der Waals surface area (Å²) in [5.41, 5.74) is 0.670. The zero-order valence-electron chi connectivity index (χ0n) is 14.0. The first-order chi connectivity index (χ1) is 11.7. The Labute approximate surface area is 141 Å². The summed E-state index contributed by atoms with van der Waals surface area (Å²) in [5, 5.41) is 8.46. The topological polar surface area (TPSA) is 67.2 Å². The molecule has 2 aromatic heterocycles. The molecule has 1 fully saturated rings. The van der Waals surface area contributed by atoms with E-state index in [4.69, 9.17) is 0 Å². The Morgan fingerprint density at radius 1 is 1.21 bits per heavy atom. The molecule has 126 valence electrons. The number of fused-ring (bicyclic) bond motifs is 1.